The molecule has 8 nitrogen and oxygen atoms in total. The van der Waals surface area contributed by atoms with E-state index in [0.29, 0.717) is 31.6 Å². The van der Waals surface area contributed by atoms with E-state index in [1.54, 1.807) is 21.9 Å². The van der Waals surface area contributed by atoms with Crippen molar-refractivity contribution < 1.29 is 14.7 Å². The Morgan fingerprint density at radius 2 is 1.85 bits per heavy atom. The molecule has 0 atom stereocenters. The quantitative estimate of drug-likeness (QED) is 0.585. The zero-order valence-electron chi connectivity index (χ0n) is 19.0. The minimum absolute atomic E-state index is 0.0293. The van der Waals surface area contributed by atoms with Crippen molar-refractivity contribution in [3.05, 3.63) is 70.1 Å². The Morgan fingerprint density at radius 1 is 1.06 bits per heavy atom. The van der Waals surface area contributed by atoms with E-state index in [-0.39, 0.29) is 35.3 Å². The molecule has 2 fully saturated rings. The Bertz CT molecular complexity index is 1280. The zero-order chi connectivity index (χ0) is 23.7. The van der Waals surface area contributed by atoms with E-state index in [4.69, 9.17) is 0 Å². The number of fused-ring (bicyclic) bond motifs is 1. The Labute approximate surface area is 197 Å². The standard InChI is InChI=1S/C26H28N4O4/c31-21-12-6-14-28(21)15-16-29-20-11-5-13-27-23(20)24(32)22(25(29)33)26(34)30(19-9-4-10-19)17-18-7-2-1-3-8-18/h1-3,5,7-8,11,13,19,32H,4,6,9-10,12,14-17H2. The summed E-state index contributed by atoms with van der Waals surface area (Å²) < 4.78 is 1.47. The van der Waals surface area contributed by atoms with Gasteiger partial charge in [-0.05, 0) is 43.4 Å². The lowest BCUT2D eigenvalue weighted by Gasteiger charge is -2.37. The van der Waals surface area contributed by atoms with E-state index < -0.39 is 11.5 Å². The van der Waals surface area contributed by atoms with Crippen LogP contribution in [-0.4, -0.2) is 55.4 Å². The van der Waals surface area contributed by atoms with Crippen molar-refractivity contribution in [3.8, 4) is 5.75 Å². The topological polar surface area (TPSA) is 95.7 Å². The third-order valence-corrected chi connectivity index (χ3v) is 6.95. The second kappa shape index (κ2) is 9.29. The predicted octanol–water partition coefficient (Wildman–Crippen LogP) is 2.92. The van der Waals surface area contributed by atoms with E-state index in [9.17, 15) is 19.5 Å². The molecule has 1 saturated heterocycles. The number of nitrogens with zero attached hydrogens (tertiary/aromatic N) is 4. The summed E-state index contributed by atoms with van der Waals surface area (Å²) in [7, 11) is 0. The summed E-state index contributed by atoms with van der Waals surface area (Å²) in [5.41, 5.74) is 0.834. The first-order chi connectivity index (χ1) is 16.5. The van der Waals surface area contributed by atoms with E-state index in [2.05, 4.69) is 4.98 Å². The van der Waals surface area contributed by atoms with Gasteiger partial charge in [-0.3, -0.25) is 19.4 Å². The highest BCUT2D eigenvalue weighted by molar-refractivity contribution is 6.01. The molecule has 3 aromatic rings. The van der Waals surface area contributed by atoms with Crippen LogP contribution in [0.2, 0.25) is 0 Å². The number of rotatable bonds is 7. The summed E-state index contributed by atoms with van der Waals surface area (Å²) in [6, 6.07) is 13.1. The molecule has 2 amide bonds. The first-order valence-corrected chi connectivity index (χ1v) is 11.9. The molecule has 1 aromatic carbocycles. The molecule has 2 aliphatic rings. The van der Waals surface area contributed by atoms with Gasteiger partial charge in [-0.25, -0.2) is 0 Å². The van der Waals surface area contributed by atoms with Crippen molar-refractivity contribution >= 4 is 22.8 Å². The minimum atomic E-state index is -0.549. The van der Waals surface area contributed by atoms with E-state index in [0.717, 1.165) is 31.2 Å². The van der Waals surface area contributed by atoms with Gasteiger partial charge in [-0.2, -0.15) is 0 Å². The van der Waals surface area contributed by atoms with E-state index in [1.807, 2.05) is 30.3 Å². The third-order valence-electron chi connectivity index (χ3n) is 6.95. The van der Waals surface area contributed by atoms with Gasteiger partial charge in [0.05, 0.1) is 5.52 Å². The van der Waals surface area contributed by atoms with Crippen molar-refractivity contribution in [1.29, 1.82) is 0 Å². The Kier molecular flexibility index (Phi) is 6.04. The molecule has 0 bridgehead atoms. The highest BCUT2D eigenvalue weighted by Gasteiger charge is 2.34. The molecule has 176 valence electrons. The molecule has 0 unspecified atom stereocenters. The van der Waals surface area contributed by atoms with Crippen LogP contribution in [0.1, 0.15) is 48.0 Å². The number of hydrogen-bond acceptors (Lipinski definition) is 5. The summed E-state index contributed by atoms with van der Waals surface area (Å²) in [6.07, 6.45) is 5.63. The Hall–Kier alpha value is -3.68. The summed E-state index contributed by atoms with van der Waals surface area (Å²) in [6.45, 7) is 1.64. The van der Waals surface area contributed by atoms with Gasteiger partial charge in [0.15, 0.2) is 5.75 Å². The van der Waals surface area contributed by atoms with Crippen LogP contribution in [0.5, 0.6) is 5.75 Å². The molecular weight excluding hydrogens is 432 g/mol. The first kappa shape index (κ1) is 22.1. The van der Waals surface area contributed by atoms with Crippen LogP contribution in [-0.2, 0) is 17.9 Å². The van der Waals surface area contributed by atoms with Gasteiger partial charge < -0.3 is 19.5 Å². The van der Waals surface area contributed by atoms with Crippen LogP contribution < -0.4 is 5.56 Å². The minimum Gasteiger partial charge on any atom is -0.505 e. The van der Waals surface area contributed by atoms with Gasteiger partial charge in [-0.15, -0.1) is 0 Å². The normalized spacial score (nSPS) is 16.1. The molecule has 1 saturated carbocycles. The molecule has 2 aromatic heterocycles. The highest BCUT2D eigenvalue weighted by Crippen LogP contribution is 2.31. The fourth-order valence-corrected chi connectivity index (χ4v) is 4.83. The molecule has 0 spiro atoms. The average Bonchev–Trinajstić information content (AvgIpc) is 3.22. The van der Waals surface area contributed by atoms with Crippen molar-refractivity contribution in [2.45, 2.75) is 51.2 Å². The SMILES string of the molecule is O=C1CCCN1CCn1c(=O)c(C(=O)N(Cc2ccccc2)C2CCC2)c(O)c2ncccc21. The monoisotopic (exact) mass is 460 g/mol. The average molecular weight is 461 g/mol. The van der Waals surface area contributed by atoms with Crippen LogP contribution in [0.15, 0.2) is 53.5 Å². The molecule has 1 aliphatic heterocycles. The van der Waals surface area contributed by atoms with Gasteiger partial charge >= 0.3 is 0 Å². The summed E-state index contributed by atoms with van der Waals surface area (Å²) in [4.78, 5) is 47.2. The van der Waals surface area contributed by atoms with E-state index >= 15 is 0 Å². The molecule has 3 heterocycles. The number of likely N-dealkylation sites (tertiary alicyclic amines) is 1. The maximum Gasteiger partial charge on any atom is 0.267 e. The fraction of sp³-hybridized carbons (Fsp3) is 0.385. The lowest BCUT2D eigenvalue weighted by molar-refractivity contribution is -0.127. The predicted molar refractivity (Wildman–Crippen MR) is 127 cm³/mol. The lowest BCUT2D eigenvalue weighted by atomic mass is 9.90. The number of hydrogen-bond donors (Lipinski definition) is 1. The van der Waals surface area contributed by atoms with Gasteiger partial charge in [0, 0.05) is 44.8 Å². The van der Waals surface area contributed by atoms with Gasteiger partial charge in [0.25, 0.3) is 11.5 Å². The van der Waals surface area contributed by atoms with Gasteiger partial charge in [-0.1, -0.05) is 30.3 Å². The van der Waals surface area contributed by atoms with Crippen molar-refractivity contribution in [1.82, 2.24) is 19.4 Å². The number of amides is 2. The summed E-state index contributed by atoms with van der Waals surface area (Å²) in [5.74, 6) is -0.782. The van der Waals surface area contributed by atoms with Crippen LogP contribution in [0.25, 0.3) is 11.0 Å². The number of benzene rings is 1. The van der Waals surface area contributed by atoms with Crippen molar-refractivity contribution in [2.75, 3.05) is 13.1 Å². The van der Waals surface area contributed by atoms with Crippen LogP contribution in [0.4, 0.5) is 0 Å². The molecule has 1 N–H and O–H groups in total. The number of carbonyl (C=O) groups is 2. The smallest absolute Gasteiger partial charge is 0.267 e. The van der Waals surface area contributed by atoms with E-state index in [1.165, 1.54) is 10.8 Å². The highest BCUT2D eigenvalue weighted by atomic mass is 16.3. The molecule has 1 aliphatic carbocycles. The first-order valence-electron chi connectivity index (χ1n) is 11.9. The van der Waals surface area contributed by atoms with Crippen LogP contribution >= 0.6 is 0 Å². The molecule has 34 heavy (non-hydrogen) atoms. The maximum atomic E-state index is 13.8. The Balaban J connectivity index is 1.55. The summed E-state index contributed by atoms with van der Waals surface area (Å²) >= 11 is 0. The molecule has 0 radical (unpaired) electrons. The maximum absolute atomic E-state index is 13.8. The second-order valence-corrected chi connectivity index (χ2v) is 9.04. The van der Waals surface area contributed by atoms with Crippen LogP contribution in [0.3, 0.4) is 0 Å². The fourth-order valence-electron chi connectivity index (χ4n) is 4.83. The molecular formula is C26H28N4O4. The number of aromatic hydroxyl groups is 1. The second-order valence-electron chi connectivity index (χ2n) is 9.04. The van der Waals surface area contributed by atoms with Crippen LogP contribution in [0, 0.1) is 0 Å². The lowest BCUT2D eigenvalue weighted by Crippen LogP contribution is -2.46. The Morgan fingerprint density at radius 3 is 2.53 bits per heavy atom. The number of pyridine rings is 2. The van der Waals surface area contributed by atoms with Crippen molar-refractivity contribution in [2.24, 2.45) is 0 Å². The number of carbonyl (C=O) groups excluding carboxylic acids is 2. The molecule has 8 heteroatoms. The number of aromatic nitrogens is 2. The largest absolute Gasteiger partial charge is 0.505 e. The van der Waals surface area contributed by atoms with Crippen molar-refractivity contribution in [3.63, 3.8) is 0 Å². The van der Waals surface area contributed by atoms with Gasteiger partial charge in [0.1, 0.15) is 11.1 Å². The summed E-state index contributed by atoms with van der Waals surface area (Å²) in [5, 5.41) is 11.0. The zero-order valence-corrected chi connectivity index (χ0v) is 19.0. The molecule has 5 rings (SSSR count). The van der Waals surface area contributed by atoms with Gasteiger partial charge in [0.2, 0.25) is 5.91 Å². The third kappa shape index (κ3) is 4.04.